The van der Waals surface area contributed by atoms with E-state index in [2.05, 4.69) is 38.5 Å². The third-order valence-electron chi connectivity index (χ3n) is 4.76. The van der Waals surface area contributed by atoms with E-state index in [9.17, 15) is 0 Å². The van der Waals surface area contributed by atoms with Crippen molar-refractivity contribution in [2.45, 2.75) is 25.9 Å². The minimum Gasteiger partial charge on any atom is -0.379 e. The van der Waals surface area contributed by atoms with E-state index in [0.29, 0.717) is 6.54 Å². The van der Waals surface area contributed by atoms with Crippen LogP contribution in [0.4, 0.5) is 0 Å². The predicted octanol–water partition coefficient (Wildman–Crippen LogP) is 3.10. The fourth-order valence-corrected chi connectivity index (χ4v) is 4.23. The Morgan fingerprint density at radius 3 is 2.86 bits per heavy atom. The number of aryl methyl sites for hydroxylation is 1. The Kier molecular flexibility index (Phi) is 8.09. The number of rotatable bonds is 7. The number of morpholine rings is 1. The Hall–Kier alpha value is -1.67. The molecule has 0 spiro atoms. The molecule has 1 aromatic heterocycles. The van der Waals surface area contributed by atoms with Crippen molar-refractivity contribution >= 4 is 28.9 Å². The maximum Gasteiger partial charge on any atom is 0.191 e. The Bertz CT molecular complexity index is 775. The van der Waals surface area contributed by atoms with Crippen LogP contribution in [-0.4, -0.2) is 55.7 Å². The van der Waals surface area contributed by atoms with Crippen molar-refractivity contribution in [3.8, 4) is 0 Å². The average molecular weight is 422 g/mol. The Labute approximate surface area is 176 Å². The molecule has 0 amide bonds. The van der Waals surface area contributed by atoms with Crippen molar-refractivity contribution in [3.63, 3.8) is 0 Å². The predicted molar refractivity (Wildman–Crippen MR) is 116 cm³/mol. The van der Waals surface area contributed by atoms with Crippen LogP contribution >= 0.6 is 22.9 Å². The molecule has 2 aromatic rings. The van der Waals surface area contributed by atoms with Crippen molar-refractivity contribution in [1.82, 2.24) is 20.5 Å². The van der Waals surface area contributed by atoms with Crippen LogP contribution in [0.15, 0.2) is 35.5 Å². The number of aromatic nitrogens is 1. The van der Waals surface area contributed by atoms with Crippen LogP contribution in [0.5, 0.6) is 0 Å². The topological polar surface area (TPSA) is 61.8 Å². The van der Waals surface area contributed by atoms with Gasteiger partial charge in [-0.2, -0.15) is 0 Å². The molecule has 1 atom stereocenters. The van der Waals surface area contributed by atoms with Crippen LogP contribution in [0.3, 0.4) is 0 Å². The van der Waals surface area contributed by atoms with Gasteiger partial charge in [-0.1, -0.05) is 30.7 Å². The molecule has 1 unspecified atom stereocenters. The number of halogens is 1. The second kappa shape index (κ2) is 10.8. The monoisotopic (exact) mass is 421 g/mol. The van der Waals surface area contributed by atoms with E-state index in [1.165, 1.54) is 10.4 Å². The number of nitrogens with zero attached hydrogens (tertiary/aromatic N) is 3. The van der Waals surface area contributed by atoms with Gasteiger partial charge in [-0.15, -0.1) is 11.3 Å². The zero-order valence-corrected chi connectivity index (χ0v) is 18.0. The lowest BCUT2D eigenvalue weighted by Gasteiger charge is -2.35. The van der Waals surface area contributed by atoms with Crippen LogP contribution < -0.4 is 10.6 Å². The van der Waals surface area contributed by atoms with Gasteiger partial charge in [0.05, 0.1) is 25.8 Å². The molecule has 1 fully saturated rings. The molecule has 1 aliphatic heterocycles. The van der Waals surface area contributed by atoms with Gasteiger partial charge in [0, 0.05) is 42.8 Å². The number of guanidine groups is 1. The first-order valence-electron chi connectivity index (χ1n) is 9.65. The van der Waals surface area contributed by atoms with E-state index < -0.39 is 0 Å². The Morgan fingerprint density at radius 2 is 2.18 bits per heavy atom. The number of ether oxygens (including phenoxy) is 1. The normalized spacial score (nSPS) is 16.8. The van der Waals surface area contributed by atoms with E-state index in [-0.39, 0.29) is 6.04 Å². The summed E-state index contributed by atoms with van der Waals surface area (Å²) in [6.07, 6.45) is 2.97. The molecule has 8 heteroatoms. The highest BCUT2D eigenvalue weighted by Crippen LogP contribution is 2.24. The quantitative estimate of drug-likeness (QED) is 0.531. The van der Waals surface area contributed by atoms with Gasteiger partial charge in [0.15, 0.2) is 5.96 Å². The lowest BCUT2D eigenvalue weighted by atomic mass is 10.0. The second-order valence-electron chi connectivity index (χ2n) is 6.60. The van der Waals surface area contributed by atoms with E-state index in [4.69, 9.17) is 16.3 Å². The summed E-state index contributed by atoms with van der Waals surface area (Å²) in [6.45, 7) is 6.88. The van der Waals surface area contributed by atoms with Gasteiger partial charge in [0.1, 0.15) is 5.01 Å². The molecular weight excluding hydrogens is 394 g/mol. The standard InChI is InChI=1S/C20H28ClN5OS/c1-3-17-12-23-19(28-17)14-25-20(22-2)24-13-18(26-7-9-27-10-8-26)15-5-4-6-16(21)11-15/h4-6,11-12,18H,3,7-10,13-14H2,1-2H3,(H2,22,24,25). The maximum atomic E-state index is 6.24. The SMILES string of the molecule is CCc1cnc(CNC(=NC)NCC(c2cccc(Cl)c2)N2CCOCC2)s1. The number of benzene rings is 1. The lowest BCUT2D eigenvalue weighted by molar-refractivity contribution is 0.0170. The van der Waals surface area contributed by atoms with Gasteiger partial charge in [0.25, 0.3) is 0 Å². The van der Waals surface area contributed by atoms with E-state index in [0.717, 1.165) is 55.3 Å². The summed E-state index contributed by atoms with van der Waals surface area (Å²) in [5.74, 6) is 0.772. The van der Waals surface area contributed by atoms with Crippen molar-refractivity contribution in [1.29, 1.82) is 0 Å². The summed E-state index contributed by atoms with van der Waals surface area (Å²) in [6, 6.07) is 8.29. The summed E-state index contributed by atoms with van der Waals surface area (Å²) in [7, 11) is 1.79. The lowest BCUT2D eigenvalue weighted by Crippen LogP contribution is -2.46. The van der Waals surface area contributed by atoms with E-state index in [1.54, 1.807) is 18.4 Å². The van der Waals surface area contributed by atoms with Crippen LogP contribution in [0.25, 0.3) is 0 Å². The van der Waals surface area contributed by atoms with Crippen LogP contribution in [0.2, 0.25) is 5.02 Å². The molecule has 1 aromatic carbocycles. The van der Waals surface area contributed by atoms with Crippen LogP contribution in [0.1, 0.15) is 28.4 Å². The molecule has 1 saturated heterocycles. The van der Waals surface area contributed by atoms with Crippen LogP contribution in [0, 0.1) is 0 Å². The first-order chi connectivity index (χ1) is 13.7. The third-order valence-corrected chi connectivity index (χ3v) is 6.14. The van der Waals surface area contributed by atoms with Crippen molar-refractivity contribution in [2.24, 2.45) is 4.99 Å². The van der Waals surface area contributed by atoms with Gasteiger partial charge < -0.3 is 15.4 Å². The van der Waals surface area contributed by atoms with Gasteiger partial charge in [-0.25, -0.2) is 4.98 Å². The second-order valence-corrected chi connectivity index (χ2v) is 8.24. The first kappa shape index (κ1) is 21.0. The summed E-state index contributed by atoms with van der Waals surface area (Å²) < 4.78 is 5.52. The molecule has 152 valence electrons. The molecule has 0 aliphatic carbocycles. The molecule has 6 nitrogen and oxygen atoms in total. The molecule has 1 aliphatic rings. The van der Waals surface area contributed by atoms with Crippen molar-refractivity contribution in [3.05, 3.63) is 50.9 Å². The zero-order chi connectivity index (χ0) is 19.8. The average Bonchev–Trinajstić information content (AvgIpc) is 3.19. The summed E-state index contributed by atoms with van der Waals surface area (Å²) >= 11 is 7.98. The third kappa shape index (κ3) is 5.91. The van der Waals surface area contributed by atoms with E-state index >= 15 is 0 Å². The molecule has 3 rings (SSSR count). The maximum absolute atomic E-state index is 6.24. The minimum absolute atomic E-state index is 0.202. The smallest absolute Gasteiger partial charge is 0.191 e. The van der Waals surface area contributed by atoms with Crippen LogP contribution in [-0.2, 0) is 17.7 Å². The molecule has 0 bridgehead atoms. The largest absolute Gasteiger partial charge is 0.379 e. The highest BCUT2D eigenvalue weighted by molar-refractivity contribution is 7.11. The number of hydrogen-bond donors (Lipinski definition) is 2. The Morgan fingerprint density at radius 1 is 1.36 bits per heavy atom. The summed E-state index contributed by atoms with van der Waals surface area (Å²) in [5, 5.41) is 8.65. The first-order valence-corrected chi connectivity index (χ1v) is 10.8. The zero-order valence-electron chi connectivity index (χ0n) is 16.4. The minimum atomic E-state index is 0.202. The van der Waals surface area contributed by atoms with Gasteiger partial charge in [-0.3, -0.25) is 9.89 Å². The fourth-order valence-electron chi connectivity index (χ4n) is 3.23. The van der Waals surface area contributed by atoms with Crippen molar-refractivity contribution < 1.29 is 4.74 Å². The molecular formula is C20H28ClN5OS. The molecule has 0 saturated carbocycles. The van der Waals surface area contributed by atoms with Gasteiger partial charge in [-0.05, 0) is 24.1 Å². The highest BCUT2D eigenvalue weighted by atomic mass is 35.5. The Balaban J connectivity index is 1.62. The summed E-state index contributed by atoms with van der Waals surface area (Å²) in [4.78, 5) is 12.5. The molecule has 28 heavy (non-hydrogen) atoms. The number of hydrogen-bond acceptors (Lipinski definition) is 5. The highest BCUT2D eigenvalue weighted by Gasteiger charge is 2.23. The van der Waals surface area contributed by atoms with Gasteiger partial charge in [0.2, 0.25) is 0 Å². The number of aliphatic imine (C=N–C) groups is 1. The fraction of sp³-hybridized carbons (Fsp3) is 0.500. The molecule has 0 radical (unpaired) electrons. The molecule has 2 heterocycles. The van der Waals surface area contributed by atoms with Gasteiger partial charge >= 0.3 is 0 Å². The van der Waals surface area contributed by atoms with Crippen molar-refractivity contribution in [2.75, 3.05) is 39.9 Å². The number of thiazole rings is 1. The number of nitrogens with one attached hydrogen (secondary N) is 2. The molecule has 2 N–H and O–H groups in total. The van der Waals surface area contributed by atoms with E-state index in [1.807, 2.05) is 24.4 Å². The summed E-state index contributed by atoms with van der Waals surface area (Å²) in [5.41, 5.74) is 1.20.